The normalized spacial score (nSPS) is 11.4. The summed E-state index contributed by atoms with van der Waals surface area (Å²) in [5.74, 6) is -0.310. The second kappa shape index (κ2) is 7.12. The predicted octanol–water partition coefficient (Wildman–Crippen LogP) is 1.09. The van der Waals surface area contributed by atoms with Crippen LogP contribution >= 0.6 is 11.6 Å². The maximum Gasteiger partial charge on any atom is 0.269 e. The fourth-order valence-corrected chi connectivity index (χ4v) is 3.32. The van der Waals surface area contributed by atoms with Gasteiger partial charge in [0.05, 0.1) is 10.6 Å². The zero-order valence-electron chi connectivity index (χ0n) is 12.7. The van der Waals surface area contributed by atoms with Gasteiger partial charge in [0.1, 0.15) is 5.69 Å². The van der Waals surface area contributed by atoms with E-state index in [0.29, 0.717) is 10.7 Å². The average molecular weight is 357 g/mol. The van der Waals surface area contributed by atoms with Crippen LogP contribution in [0.3, 0.4) is 0 Å². The third-order valence-corrected chi connectivity index (χ3v) is 4.74. The van der Waals surface area contributed by atoms with Gasteiger partial charge in [-0.3, -0.25) is 9.48 Å². The van der Waals surface area contributed by atoms with Crippen LogP contribution in [0.4, 0.5) is 0 Å². The molecule has 7 nitrogen and oxygen atoms in total. The Morgan fingerprint density at radius 1 is 1.30 bits per heavy atom. The van der Waals surface area contributed by atoms with E-state index in [4.69, 9.17) is 11.6 Å². The lowest BCUT2D eigenvalue weighted by molar-refractivity contribution is 0.0945. The summed E-state index contributed by atoms with van der Waals surface area (Å²) in [6, 6.07) is 7.62. The van der Waals surface area contributed by atoms with Crippen LogP contribution < -0.4 is 10.0 Å². The zero-order valence-corrected chi connectivity index (χ0v) is 14.3. The topological polar surface area (TPSA) is 93.1 Å². The molecule has 1 amide bonds. The first kappa shape index (κ1) is 17.5. The minimum absolute atomic E-state index is 0.0669. The van der Waals surface area contributed by atoms with Gasteiger partial charge in [-0.1, -0.05) is 17.7 Å². The quantitative estimate of drug-likeness (QED) is 0.758. The van der Waals surface area contributed by atoms with Crippen LogP contribution in [0.2, 0.25) is 5.02 Å². The molecule has 0 aliphatic heterocycles. The standard InChI is InChI=1S/C14H17ClN4O3S/c1-10-8-13(19(2)18-10)14(20)16-6-7-17-23(21,22)12-5-3-4-11(15)9-12/h3-5,8-9,17H,6-7H2,1-2H3,(H,16,20). The summed E-state index contributed by atoms with van der Waals surface area (Å²) >= 11 is 5.78. The second-order valence-corrected chi connectivity index (χ2v) is 7.11. The number of nitrogens with zero attached hydrogens (tertiary/aromatic N) is 2. The highest BCUT2D eigenvalue weighted by molar-refractivity contribution is 7.89. The van der Waals surface area contributed by atoms with Gasteiger partial charge in [-0.15, -0.1) is 0 Å². The largest absolute Gasteiger partial charge is 0.349 e. The van der Waals surface area contributed by atoms with Crippen LogP contribution in [0.25, 0.3) is 0 Å². The molecular weight excluding hydrogens is 340 g/mol. The fraction of sp³-hybridized carbons (Fsp3) is 0.286. The number of aromatic nitrogens is 2. The SMILES string of the molecule is Cc1cc(C(=O)NCCNS(=O)(=O)c2cccc(Cl)c2)n(C)n1. The molecule has 1 aromatic carbocycles. The molecule has 0 saturated heterocycles. The van der Waals surface area contributed by atoms with Crippen molar-refractivity contribution in [3.8, 4) is 0 Å². The molecular formula is C14H17ClN4O3S. The molecule has 0 aliphatic rings. The summed E-state index contributed by atoms with van der Waals surface area (Å²) in [5, 5.41) is 7.06. The molecule has 1 aromatic heterocycles. The lowest BCUT2D eigenvalue weighted by atomic mass is 10.3. The Hall–Kier alpha value is -1.90. The van der Waals surface area contributed by atoms with E-state index in [-0.39, 0.29) is 23.9 Å². The van der Waals surface area contributed by atoms with Crippen molar-refractivity contribution >= 4 is 27.5 Å². The van der Waals surface area contributed by atoms with Crippen molar-refractivity contribution in [3.63, 3.8) is 0 Å². The highest BCUT2D eigenvalue weighted by atomic mass is 35.5. The van der Waals surface area contributed by atoms with Crippen molar-refractivity contribution < 1.29 is 13.2 Å². The first-order valence-corrected chi connectivity index (χ1v) is 8.70. The van der Waals surface area contributed by atoms with Crippen LogP contribution in [0.5, 0.6) is 0 Å². The molecule has 0 spiro atoms. The molecule has 0 unspecified atom stereocenters. The number of sulfonamides is 1. The minimum atomic E-state index is -3.65. The van der Waals surface area contributed by atoms with E-state index in [1.807, 2.05) is 0 Å². The van der Waals surface area contributed by atoms with Crippen LogP contribution in [0, 0.1) is 6.92 Å². The Labute approximate surface area is 139 Å². The lowest BCUT2D eigenvalue weighted by Gasteiger charge is -2.08. The molecule has 9 heteroatoms. The zero-order chi connectivity index (χ0) is 17.0. The van der Waals surface area contributed by atoms with E-state index in [9.17, 15) is 13.2 Å². The van der Waals surface area contributed by atoms with Crippen LogP contribution in [-0.4, -0.2) is 37.2 Å². The number of hydrogen-bond acceptors (Lipinski definition) is 4. The molecule has 0 saturated carbocycles. The monoisotopic (exact) mass is 356 g/mol. The third kappa shape index (κ3) is 4.54. The highest BCUT2D eigenvalue weighted by Gasteiger charge is 2.14. The van der Waals surface area contributed by atoms with Crippen molar-refractivity contribution in [3.05, 3.63) is 46.7 Å². The molecule has 0 atom stereocenters. The van der Waals surface area contributed by atoms with Gasteiger partial charge >= 0.3 is 0 Å². The van der Waals surface area contributed by atoms with E-state index >= 15 is 0 Å². The van der Waals surface area contributed by atoms with E-state index in [1.54, 1.807) is 32.2 Å². The predicted molar refractivity (Wildman–Crippen MR) is 86.9 cm³/mol. The number of halogens is 1. The Kier molecular flexibility index (Phi) is 5.40. The van der Waals surface area contributed by atoms with Gasteiger partial charge in [0.15, 0.2) is 0 Å². The van der Waals surface area contributed by atoms with Gasteiger partial charge in [0.25, 0.3) is 5.91 Å². The molecule has 0 bridgehead atoms. The third-order valence-electron chi connectivity index (χ3n) is 3.04. The lowest BCUT2D eigenvalue weighted by Crippen LogP contribution is -2.35. The van der Waals surface area contributed by atoms with Gasteiger partial charge < -0.3 is 5.32 Å². The Morgan fingerprint density at radius 3 is 2.65 bits per heavy atom. The first-order valence-electron chi connectivity index (χ1n) is 6.83. The summed E-state index contributed by atoms with van der Waals surface area (Å²) in [6.45, 7) is 2.01. The molecule has 2 aromatic rings. The van der Waals surface area contributed by atoms with Crippen LogP contribution in [0.15, 0.2) is 35.2 Å². The van der Waals surface area contributed by atoms with Crippen molar-refractivity contribution in [2.45, 2.75) is 11.8 Å². The molecule has 2 rings (SSSR count). The second-order valence-electron chi connectivity index (χ2n) is 4.91. The van der Waals surface area contributed by atoms with Crippen molar-refractivity contribution in [1.82, 2.24) is 19.8 Å². The molecule has 23 heavy (non-hydrogen) atoms. The number of benzene rings is 1. The number of aryl methyl sites for hydroxylation is 2. The van der Waals surface area contributed by atoms with Crippen LogP contribution in [0.1, 0.15) is 16.2 Å². The molecule has 1 heterocycles. The Balaban J connectivity index is 1.88. The number of carbonyl (C=O) groups excluding carboxylic acids is 1. The number of carbonyl (C=O) groups is 1. The van der Waals surface area contributed by atoms with E-state index in [1.165, 1.54) is 16.8 Å². The van der Waals surface area contributed by atoms with E-state index in [0.717, 1.165) is 5.69 Å². The Bertz CT molecular complexity index is 817. The fourth-order valence-electron chi connectivity index (χ4n) is 1.99. The van der Waals surface area contributed by atoms with E-state index < -0.39 is 10.0 Å². The molecule has 0 aliphatic carbocycles. The summed E-state index contributed by atoms with van der Waals surface area (Å²) in [7, 11) is -1.98. The first-order chi connectivity index (χ1) is 10.8. The summed E-state index contributed by atoms with van der Waals surface area (Å²) in [6.07, 6.45) is 0. The maximum atomic E-state index is 12.1. The van der Waals surface area contributed by atoms with Crippen LogP contribution in [-0.2, 0) is 17.1 Å². The minimum Gasteiger partial charge on any atom is -0.349 e. The van der Waals surface area contributed by atoms with E-state index in [2.05, 4.69) is 15.1 Å². The van der Waals surface area contributed by atoms with Crippen molar-refractivity contribution in [2.75, 3.05) is 13.1 Å². The van der Waals surface area contributed by atoms with Gasteiger partial charge in [-0.25, -0.2) is 13.1 Å². The smallest absolute Gasteiger partial charge is 0.269 e. The Morgan fingerprint density at radius 2 is 2.04 bits per heavy atom. The summed E-state index contributed by atoms with van der Waals surface area (Å²) in [5.41, 5.74) is 1.15. The number of hydrogen-bond donors (Lipinski definition) is 2. The number of nitrogens with one attached hydrogen (secondary N) is 2. The number of rotatable bonds is 6. The van der Waals surface area contributed by atoms with Gasteiger partial charge in [0.2, 0.25) is 10.0 Å². The molecule has 0 radical (unpaired) electrons. The van der Waals surface area contributed by atoms with Gasteiger partial charge in [-0.05, 0) is 31.2 Å². The average Bonchev–Trinajstić information content (AvgIpc) is 2.82. The molecule has 124 valence electrons. The van der Waals surface area contributed by atoms with Gasteiger partial charge in [-0.2, -0.15) is 5.10 Å². The number of amides is 1. The highest BCUT2D eigenvalue weighted by Crippen LogP contribution is 2.14. The van der Waals surface area contributed by atoms with Crippen molar-refractivity contribution in [2.24, 2.45) is 7.05 Å². The molecule has 2 N–H and O–H groups in total. The summed E-state index contributed by atoms with van der Waals surface area (Å²) in [4.78, 5) is 12.0. The molecule has 0 fully saturated rings. The summed E-state index contributed by atoms with van der Waals surface area (Å²) < 4.78 is 28.0. The maximum absolute atomic E-state index is 12.1. The van der Waals surface area contributed by atoms with Crippen molar-refractivity contribution in [1.29, 1.82) is 0 Å². The van der Waals surface area contributed by atoms with Gasteiger partial charge in [0, 0.05) is 25.2 Å².